The van der Waals surface area contributed by atoms with E-state index in [0.29, 0.717) is 12.1 Å². The molecule has 5 heteroatoms. The fourth-order valence-corrected chi connectivity index (χ4v) is 1.89. The van der Waals surface area contributed by atoms with E-state index in [-0.39, 0.29) is 5.91 Å². The number of nitrogens with zero attached hydrogens (tertiary/aromatic N) is 1. The Morgan fingerprint density at radius 2 is 2.20 bits per heavy atom. The molecule has 0 saturated carbocycles. The van der Waals surface area contributed by atoms with Crippen molar-refractivity contribution in [3.8, 4) is 0 Å². The van der Waals surface area contributed by atoms with Crippen molar-refractivity contribution in [1.82, 2.24) is 10.3 Å². The molecule has 0 bridgehead atoms. The number of esters is 1. The second-order valence-electron chi connectivity index (χ2n) is 4.65. The fourth-order valence-electron chi connectivity index (χ4n) is 1.89. The highest BCUT2D eigenvalue weighted by Crippen LogP contribution is 2.14. The number of hydrogen-bond acceptors (Lipinski definition) is 4. The first-order valence-electron chi connectivity index (χ1n) is 6.51. The summed E-state index contributed by atoms with van der Waals surface area (Å²) in [5, 5.41) is 2.69. The summed E-state index contributed by atoms with van der Waals surface area (Å²) in [7, 11) is 1.31. The average molecular weight is 276 g/mol. The van der Waals surface area contributed by atoms with Crippen LogP contribution >= 0.6 is 0 Å². The number of hydrogen-bond donors (Lipinski definition) is 1. The van der Waals surface area contributed by atoms with Crippen LogP contribution in [0.5, 0.6) is 0 Å². The van der Waals surface area contributed by atoms with Crippen molar-refractivity contribution < 1.29 is 14.3 Å². The minimum atomic E-state index is -1.00. The van der Waals surface area contributed by atoms with Crippen LogP contribution in [0.2, 0.25) is 0 Å². The Hall–Kier alpha value is -2.17. The maximum absolute atomic E-state index is 11.9. The smallest absolute Gasteiger partial charge is 0.331 e. The van der Waals surface area contributed by atoms with Gasteiger partial charge in [-0.1, -0.05) is 19.4 Å². The van der Waals surface area contributed by atoms with Gasteiger partial charge in [-0.2, -0.15) is 0 Å². The SMILES string of the molecule is CCCC(C)(NC(=O)C=Cc1ccccn1)C(=O)OC. The third-order valence-corrected chi connectivity index (χ3v) is 2.88. The van der Waals surface area contributed by atoms with Gasteiger partial charge in [0.25, 0.3) is 0 Å². The largest absolute Gasteiger partial charge is 0.467 e. The van der Waals surface area contributed by atoms with Crippen molar-refractivity contribution in [2.75, 3.05) is 7.11 Å². The van der Waals surface area contributed by atoms with Crippen LogP contribution in [-0.4, -0.2) is 29.5 Å². The molecular formula is C15H20N2O3. The molecule has 0 aromatic carbocycles. The molecule has 1 rings (SSSR count). The van der Waals surface area contributed by atoms with Gasteiger partial charge in [0.1, 0.15) is 5.54 Å². The van der Waals surface area contributed by atoms with Crippen LogP contribution in [0.4, 0.5) is 0 Å². The van der Waals surface area contributed by atoms with Gasteiger partial charge >= 0.3 is 5.97 Å². The number of methoxy groups -OCH3 is 1. The summed E-state index contributed by atoms with van der Waals surface area (Å²) in [6.45, 7) is 3.60. The molecule has 20 heavy (non-hydrogen) atoms. The third kappa shape index (κ3) is 4.50. The van der Waals surface area contributed by atoms with E-state index >= 15 is 0 Å². The number of carbonyl (C=O) groups is 2. The minimum absolute atomic E-state index is 0.350. The summed E-state index contributed by atoms with van der Waals surface area (Å²) in [5.41, 5.74) is -0.326. The van der Waals surface area contributed by atoms with E-state index < -0.39 is 11.5 Å². The maximum Gasteiger partial charge on any atom is 0.331 e. The van der Waals surface area contributed by atoms with Crippen LogP contribution in [0.25, 0.3) is 6.08 Å². The lowest BCUT2D eigenvalue weighted by Gasteiger charge is -2.26. The summed E-state index contributed by atoms with van der Waals surface area (Å²) >= 11 is 0. The number of pyridine rings is 1. The van der Waals surface area contributed by atoms with Gasteiger partial charge in [-0.3, -0.25) is 9.78 Å². The predicted molar refractivity (Wildman–Crippen MR) is 76.7 cm³/mol. The number of carbonyl (C=O) groups excluding carboxylic acids is 2. The molecule has 0 aliphatic rings. The van der Waals surface area contributed by atoms with Crippen LogP contribution in [0.15, 0.2) is 30.5 Å². The van der Waals surface area contributed by atoms with E-state index in [1.807, 2.05) is 13.0 Å². The van der Waals surface area contributed by atoms with Gasteiger partial charge in [0, 0.05) is 12.3 Å². The molecule has 0 saturated heterocycles. The Morgan fingerprint density at radius 3 is 2.75 bits per heavy atom. The molecule has 0 aliphatic heterocycles. The molecule has 1 N–H and O–H groups in total. The summed E-state index contributed by atoms with van der Waals surface area (Å²) < 4.78 is 4.74. The molecule has 1 atom stereocenters. The predicted octanol–water partition coefficient (Wildman–Crippen LogP) is 1.94. The van der Waals surface area contributed by atoms with Crippen molar-refractivity contribution in [3.63, 3.8) is 0 Å². The molecule has 1 amide bonds. The van der Waals surface area contributed by atoms with Crippen molar-refractivity contribution >= 4 is 18.0 Å². The molecule has 1 unspecified atom stereocenters. The molecule has 1 aromatic heterocycles. The Balaban J connectivity index is 2.72. The van der Waals surface area contributed by atoms with Gasteiger partial charge in [0.05, 0.1) is 12.8 Å². The molecular weight excluding hydrogens is 256 g/mol. The van der Waals surface area contributed by atoms with Gasteiger partial charge in [0.15, 0.2) is 0 Å². The first-order valence-corrected chi connectivity index (χ1v) is 6.51. The molecule has 0 fully saturated rings. The number of aromatic nitrogens is 1. The summed E-state index contributed by atoms with van der Waals surface area (Å²) in [5.74, 6) is -0.795. The zero-order valence-electron chi connectivity index (χ0n) is 12.1. The lowest BCUT2D eigenvalue weighted by Crippen LogP contribution is -2.52. The van der Waals surface area contributed by atoms with Crippen LogP contribution in [0.3, 0.4) is 0 Å². The molecule has 1 heterocycles. The van der Waals surface area contributed by atoms with Crippen molar-refractivity contribution in [1.29, 1.82) is 0 Å². The quantitative estimate of drug-likeness (QED) is 0.637. The molecule has 0 radical (unpaired) electrons. The van der Waals surface area contributed by atoms with Crippen molar-refractivity contribution in [2.45, 2.75) is 32.2 Å². The van der Waals surface area contributed by atoms with Crippen LogP contribution in [0, 0.1) is 0 Å². The maximum atomic E-state index is 11.9. The molecule has 0 spiro atoms. The Labute approximate surface area is 119 Å². The van der Waals surface area contributed by atoms with Crippen LogP contribution < -0.4 is 5.32 Å². The topological polar surface area (TPSA) is 68.3 Å². The number of amides is 1. The summed E-state index contributed by atoms with van der Waals surface area (Å²) in [4.78, 5) is 27.7. The molecule has 0 aliphatic carbocycles. The Bertz CT molecular complexity index is 485. The van der Waals surface area contributed by atoms with Crippen molar-refractivity contribution in [2.24, 2.45) is 0 Å². The molecule has 5 nitrogen and oxygen atoms in total. The first-order chi connectivity index (χ1) is 9.51. The second kappa shape index (κ2) is 7.43. The number of nitrogens with one attached hydrogen (secondary N) is 1. The number of ether oxygens (including phenoxy) is 1. The fraction of sp³-hybridized carbons (Fsp3) is 0.400. The van der Waals surface area contributed by atoms with E-state index in [9.17, 15) is 9.59 Å². The van der Waals surface area contributed by atoms with E-state index in [1.54, 1.807) is 31.3 Å². The molecule has 108 valence electrons. The number of rotatable bonds is 6. The lowest BCUT2D eigenvalue weighted by molar-refractivity contribution is -0.150. The van der Waals surface area contributed by atoms with Crippen LogP contribution in [0.1, 0.15) is 32.4 Å². The standard InChI is InChI=1S/C15H20N2O3/c1-4-10-15(2,14(19)20-3)17-13(18)9-8-12-7-5-6-11-16-12/h5-9,11H,4,10H2,1-3H3,(H,17,18). The van der Waals surface area contributed by atoms with Gasteiger partial charge in [0.2, 0.25) is 5.91 Å². The van der Waals surface area contributed by atoms with Crippen LogP contribution in [-0.2, 0) is 14.3 Å². The summed E-state index contributed by atoms with van der Waals surface area (Å²) in [6.07, 6.45) is 5.88. The monoisotopic (exact) mass is 276 g/mol. The Morgan fingerprint density at radius 1 is 1.45 bits per heavy atom. The van der Waals surface area contributed by atoms with Gasteiger partial charge < -0.3 is 10.1 Å². The first kappa shape index (κ1) is 15.9. The highest BCUT2D eigenvalue weighted by atomic mass is 16.5. The van der Waals surface area contributed by atoms with Gasteiger partial charge in [-0.05, 0) is 31.6 Å². The van der Waals surface area contributed by atoms with Gasteiger partial charge in [-0.25, -0.2) is 4.79 Å². The average Bonchev–Trinajstić information content (AvgIpc) is 2.45. The minimum Gasteiger partial charge on any atom is -0.467 e. The van der Waals surface area contributed by atoms with Gasteiger partial charge in [-0.15, -0.1) is 0 Å². The molecule has 1 aromatic rings. The normalized spacial score (nSPS) is 13.8. The zero-order chi connectivity index (χ0) is 15.0. The van der Waals surface area contributed by atoms with E-state index in [4.69, 9.17) is 4.74 Å². The lowest BCUT2D eigenvalue weighted by atomic mass is 9.96. The van der Waals surface area contributed by atoms with Crippen molar-refractivity contribution in [3.05, 3.63) is 36.2 Å². The second-order valence-corrected chi connectivity index (χ2v) is 4.65. The summed E-state index contributed by atoms with van der Waals surface area (Å²) in [6, 6.07) is 5.42. The zero-order valence-corrected chi connectivity index (χ0v) is 12.1. The van der Waals surface area contributed by atoms with E-state index in [1.165, 1.54) is 13.2 Å². The third-order valence-electron chi connectivity index (χ3n) is 2.88. The van der Waals surface area contributed by atoms with E-state index in [2.05, 4.69) is 10.3 Å². The Kier molecular flexibility index (Phi) is 5.90. The van der Waals surface area contributed by atoms with E-state index in [0.717, 1.165) is 6.42 Å². The highest BCUT2D eigenvalue weighted by Gasteiger charge is 2.34. The highest BCUT2D eigenvalue weighted by molar-refractivity contribution is 5.95.